The molecule has 0 aliphatic rings. The van der Waals surface area contributed by atoms with Crippen molar-refractivity contribution in [2.75, 3.05) is 18.8 Å². The second-order valence-corrected chi connectivity index (χ2v) is 8.05. The van der Waals surface area contributed by atoms with Crippen LogP contribution in [0, 0.1) is 6.92 Å². The van der Waals surface area contributed by atoms with Crippen molar-refractivity contribution in [3.63, 3.8) is 0 Å². The molecule has 0 spiro atoms. The van der Waals surface area contributed by atoms with Gasteiger partial charge in [-0.05, 0) is 31.2 Å². The maximum absolute atomic E-state index is 10.9. The molecule has 0 aliphatic carbocycles. The van der Waals surface area contributed by atoms with Crippen LogP contribution in [0.4, 0.5) is 5.69 Å². The Balaban J connectivity index is 0.000000273. The Hall–Kier alpha value is -2.34. The number of quaternary nitrogens is 1. The summed E-state index contributed by atoms with van der Waals surface area (Å²) in [4.78, 5) is -0.178. The average Bonchev–Trinajstić information content (AvgIpc) is 2.54. The minimum Gasteiger partial charge on any atom is -0.744 e. The smallest absolute Gasteiger partial charge is 0.306 e. The highest BCUT2D eigenvalue weighted by Gasteiger charge is 2.11. The molecule has 0 aromatic heterocycles. The van der Waals surface area contributed by atoms with E-state index < -0.39 is 20.2 Å². The third kappa shape index (κ3) is 7.27. The van der Waals surface area contributed by atoms with E-state index in [1.807, 2.05) is 6.92 Å². The molecule has 26 heavy (non-hydrogen) atoms. The van der Waals surface area contributed by atoms with Crippen LogP contribution in [-0.2, 0) is 20.2 Å². The van der Waals surface area contributed by atoms with Crippen LogP contribution in [0.15, 0.2) is 47.4 Å². The van der Waals surface area contributed by atoms with E-state index in [0.29, 0.717) is 11.4 Å². The minimum atomic E-state index is -4.27. The summed E-state index contributed by atoms with van der Waals surface area (Å²) in [5.74, 6) is 4.22. The van der Waals surface area contributed by atoms with Crippen LogP contribution in [0.3, 0.4) is 0 Å². The molecule has 0 saturated heterocycles. The Morgan fingerprint density at radius 2 is 1.62 bits per heavy atom. The monoisotopic (exact) mass is 404 g/mol. The van der Waals surface area contributed by atoms with E-state index in [4.69, 9.17) is 8.92 Å². The summed E-state index contributed by atoms with van der Waals surface area (Å²) in [5, 5.41) is 0. The first-order chi connectivity index (χ1) is 12.0. The van der Waals surface area contributed by atoms with Crippen molar-refractivity contribution in [3.8, 4) is 11.5 Å². The fourth-order valence-electron chi connectivity index (χ4n) is 1.71. The van der Waals surface area contributed by atoms with E-state index >= 15 is 0 Å². The Kier molecular flexibility index (Phi) is 7.39. The van der Waals surface area contributed by atoms with Gasteiger partial charge < -0.3 is 13.5 Å². The lowest BCUT2D eigenvalue weighted by molar-refractivity contribution is -0.325. The molecule has 2 rings (SSSR count). The van der Waals surface area contributed by atoms with Gasteiger partial charge in [0.2, 0.25) is 0 Å². The first kappa shape index (κ1) is 21.7. The largest absolute Gasteiger partial charge is 0.744 e. The summed E-state index contributed by atoms with van der Waals surface area (Å²) in [7, 11) is -6.29. The molecule has 0 fully saturated rings. The van der Waals surface area contributed by atoms with Crippen LogP contribution in [0.2, 0.25) is 0 Å². The normalized spacial score (nSPS) is 11.1. The van der Waals surface area contributed by atoms with E-state index in [-0.39, 0.29) is 10.6 Å². The van der Waals surface area contributed by atoms with Crippen molar-refractivity contribution in [2.45, 2.75) is 11.8 Å². The van der Waals surface area contributed by atoms with Crippen LogP contribution in [-0.4, -0.2) is 34.8 Å². The zero-order chi connectivity index (χ0) is 20.0. The summed E-state index contributed by atoms with van der Waals surface area (Å²) in [6.45, 7) is 1.82. The van der Waals surface area contributed by atoms with Gasteiger partial charge >= 0.3 is 10.1 Å². The van der Waals surface area contributed by atoms with Gasteiger partial charge in [0.05, 0.1) is 18.3 Å². The lowest BCUT2D eigenvalue weighted by Gasteiger charge is -2.08. The van der Waals surface area contributed by atoms with Crippen molar-refractivity contribution in [1.82, 2.24) is 0 Å². The lowest BCUT2D eigenvalue weighted by atomic mass is 10.2. The number of aryl methyl sites for hydroxylation is 1. The van der Waals surface area contributed by atoms with E-state index in [1.165, 1.54) is 25.3 Å². The van der Waals surface area contributed by atoms with Gasteiger partial charge in [-0.3, -0.25) is 5.84 Å². The number of benzene rings is 2. The molecule has 11 heteroatoms. The SMILES string of the molecule is COc1ccc(OS(C)(=O)=O)c(N[NH3+])c1.Cc1ccc(S(=O)(=O)[O-])cc1. The second-order valence-electron chi connectivity index (χ2n) is 5.09. The highest BCUT2D eigenvalue weighted by molar-refractivity contribution is 7.86. The van der Waals surface area contributed by atoms with Gasteiger partial charge in [0.15, 0.2) is 5.75 Å². The standard InChI is InChI=1S/C8H12N2O4S.C7H8O3S/c1-13-6-3-4-8(7(5-6)10-9)14-15(2,11)12;1-6-2-4-7(5-3-6)11(8,9)10/h3-5,10H,9H2,1-2H3;2-5H,1H3,(H,8,9,10). The van der Waals surface area contributed by atoms with E-state index in [2.05, 4.69) is 11.3 Å². The van der Waals surface area contributed by atoms with Crippen molar-refractivity contribution >= 4 is 25.9 Å². The maximum atomic E-state index is 10.9. The Bertz CT molecular complexity index is 940. The number of hydrogen-bond acceptors (Lipinski definition) is 8. The first-order valence-corrected chi connectivity index (χ1v) is 10.3. The number of ether oxygens (including phenoxy) is 1. The van der Waals surface area contributed by atoms with E-state index in [0.717, 1.165) is 11.8 Å². The molecule has 0 amide bonds. The molecule has 0 bridgehead atoms. The van der Waals surface area contributed by atoms with Crippen molar-refractivity contribution in [2.24, 2.45) is 0 Å². The fraction of sp³-hybridized carbons (Fsp3) is 0.200. The summed E-state index contributed by atoms with van der Waals surface area (Å²) in [6, 6.07) is 10.5. The van der Waals surface area contributed by atoms with Crippen LogP contribution in [0.5, 0.6) is 11.5 Å². The Labute approximate surface area is 152 Å². The molecule has 0 heterocycles. The van der Waals surface area contributed by atoms with Crippen molar-refractivity contribution in [1.29, 1.82) is 0 Å². The minimum absolute atomic E-state index is 0.178. The molecule has 2 aromatic rings. The molecule has 0 radical (unpaired) electrons. The fourth-order valence-corrected chi connectivity index (χ4v) is 2.66. The van der Waals surface area contributed by atoms with E-state index in [9.17, 15) is 21.4 Å². The van der Waals surface area contributed by atoms with Crippen molar-refractivity contribution in [3.05, 3.63) is 48.0 Å². The maximum Gasteiger partial charge on any atom is 0.306 e. The summed E-state index contributed by atoms with van der Waals surface area (Å²) in [5.41, 5.74) is 3.95. The van der Waals surface area contributed by atoms with Crippen LogP contribution in [0.25, 0.3) is 0 Å². The first-order valence-electron chi connectivity index (χ1n) is 7.09. The molecule has 0 unspecified atom stereocenters. The zero-order valence-corrected chi connectivity index (χ0v) is 16.1. The number of methoxy groups -OCH3 is 1. The van der Waals surface area contributed by atoms with Gasteiger partial charge in [-0.25, -0.2) is 13.8 Å². The Morgan fingerprint density at radius 1 is 1.04 bits per heavy atom. The van der Waals surface area contributed by atoms with Gasteiger partial charge in [-0.1, -0.05) is 17.7 Å². The van der Waals surface area contributed by atoms with Gasteiger partial charge in [-0.15, -0.1) is 0 Å². The molecule has 144 valence electrons. The van der Waals surface area contributed by atoms with Gasteiger partial charge in [0, 0.05) is 6.07 Å². The quantitative estimate of drug-likeness (QED) is 0.415. The van der Waals surface area contributed by atoms with Gasteiger partial charge in [-0.2, -0.15) is 8.42 Å². The summed E-state index contributed by atoms with van der Waals surface area (Å²) >= 11 is 0. The molecule has 0 aliphatic heterocycles. The summed E-state index contributed by atoms with van der Waals surface area (Å²) < 4.78 is 62.7. The zero-order valence-electron chi connectivity index (χ0n) is 14.4. The van der Waals surface area contributed by atoms with Crippen LogP contribution in [0.1, 0.15) is 5.56 Å². The van der Waals surface area contributed by atoms with Crippen LogP contribution >= 0.6 is 0 Å². The van der Waals surface area contributed by atoms with Gasteiger partial charge in [0.25, 0.3) is 0 Å². The molecule has 0 atom stereocenters. The Morgan fingerprint density at radius 3 is 2.04 bits per heavy atom. The molecule has 2 aromatic carbocycles. The third-order valence-corrected chi connectivity index (χ3v) is 4.26. The lowest BCUT2D eigenvalue weighted by Crippen LogP contribution is -2.56. The summed E-state index contributed by atoms with van der Waals surface area (Å²) in [6.07, 6.45) is 0.976. The molecular weight excluding hydrogens is 384 g/mol. The highest BCUT2D eigenvalue weighted by atomic mass is 32.2. The molecule has 0 saturated carbocycles. The number of nitrogens with one attached hydrogen (secondary N) is 1. The van der Waals surface area contributed by atoms with Crippen LogP contribution < -0.4 is 20.2 Å². The second kappa shape index (κ2) is 8.85. The number of rotatable bonds is 5. The molecular formula is C15H20N2O7S2. The molecule has 9 nitrogen and oxygen atoms in total. The van der Waals surface area contributed by atoms with E-state index in [1.54, 1.807) is 24.3 Å². The topological polar surface area (TPSA) is 149 Å². The van der Waals surface area contributed by atoms with Gasteiger partial charge in [0.1, 0.15) is 21.6 Å². The average molecular weight is 404 g/mol. The number of anilines is 1. The third-order valence-electron chi connectivity index (χ3n) is 2.93. The highest BCUT2D eigenvalue weighted by Crippen LogP contribution is 2.28. The molecule has 4 N–H and O–H groups in total. The predicted molar refractivity (Wildman–Crippen MR) is 94.1 cm³/mol. The predicted octanol–water partition coefficient (Wildman–Crippen LogP) is 0.502. The van der Waals surface area contributed by atoms with Crippen molar-refractivity contribution < 1.29 is 36.2 Å². The number of hydrogen-bond donors (Lipinski definition) is 2.